The van der Waals surface area contributed by atoms with Crippen molar-refractivity contribution in [3.63, 3.8) is 0 Å². The van der Waals surface area contributed by atoms with Crippen LogP contribution in [-0.2, 0) is 0 Å². The zero-order chi connectivity index (χ0) is 7.84. The highest BCUT2D eigenvalue weighted by molar-refractivity contribution is 5.75. The highest BCUT2D eigenvalue weighted by atomic mass is 16.2. The summed E-state index contributed by atoms with van der Waals surface area (Å²) in [6, 6.07) is 0.823. The molecule has 3 heteroatoms. The summed E-state index contributed by atoms with van der Waals surface area (Å²) in [6.45, 7) is 1.91. The van der Waals surface area contributed by atoms with Crippen molar-refractivity contribution in [3.8, 4) is 0 Å². The average molecular weight is 154 g/mol. The van der Waals surface area contributed by atoms with E-state index in [1.54, 1.807) is 0 Å². The van der Waals surface area contributed by atoms with Crippen LogP contribution in [0.5, 0.6) is 0 Å². The van der Waals surface area contributed by atoms with Crippen molar-refractivity contribution in [1.29, 1.82) is 0 Å². The van der Waals surface area contributed by atoms with Crippen LogP contribution in [0, 0.1) is 0 Å². The molecule has 0 spiro atoms. The number of carbonyl (C=O) groups is 1. The first kappa shape index (κ1) is 6.95. The molecule has 3 nitrogen and oxygen atoms in total. The van der Waals surface area contributed by atoms with E-state index < -0.39 is 0 Å². The van der Waals surface area contributed by atoms with E-state index in [1.165, 1.54) is 12.8 Å². The standard InChI is InChI=1S/C8H14N2O/c1-9-5-2-6-10(8(9)11)7-3-4-7/h7H,2-6H2,1H3. The molecule has 1 aliphatic carbocycles. The second kappa shape index (κ2) is 2.40. The minimum atomic E-state index is 0.235. The van der Waals surface area contributed by atoms with E-state index in [-0.39, 0.29) is 6.03 Å². The van der Waals surface area contributed by atoms with Crippen molar-refractivity contribution in [2.75, 3.05) is 20.1 Å². The molecule has 1 aliphatic heterocycles. The number of amides is 2. The molecule has 0 aromatic heterocycles. The van der Waals surface area contributed by atoms with Gasteiger partial charge < -0.3 is 9.80 Å². The molecule has 0 N–H and O–H groups in total. The summed E-state index contributed by atoms with van der Waals surface area (Å²) in [4.78, 5) is 15.3. The molecule has 1 saturated carbocycles. The van der Waals surface area contributed by atoms with Gasteiger partial charge in [0.1, 0.15) is 0 Å². The Kier molecular flexibility index (Phi) is 1.51. The lowest BCUT2D eigenvalue weighted by atomic mass is 10.3. The maximum atomic E-state index is 11.5. The first-order chi connectivity index (χ1) is 5.29. The summed E-state index contributed by atoms with van der Waals surface area (Å²) in [5.41, 5.74) is 0. The van der Waals surface area contributed by atoms with E-state index in [1.807, 2.05) is 16.8 Å². The average Bonchev–Trinajstić information content (AvgIpc) is 2.77. The Morgan fingerprint density at radius 2 is 2.09 bits per heavy atom. The van der Waals surface area contributed by atoms with Crippen molar-refractivity contribution in [1.82, 2.24) is 9.80 Å². The number of urea groups is 1. The zero-order valence-electron chi connectivity index (χ0n) is 6.92. The fraction of sp³-hybridized carbons (Fsp3) is 0.875. The molecule has 11 heavy (non-hydrogen) atoms. The predicted octanol–water partition coefficient (Wildman–Crippen LogP) is 0.906. The van der Waals surface area contributed by atoms with Crippen LogP contribution in [0.1, 0.15) is 19.3 Å². The first-order valence-electron chi connectivity index (χ1n) is 4.31. The van der Waals surface area contributed by atoms with Crippen LogP contribution in [0.4, 0.5) is 4.79 Å². The van der Waals surface area contributed by atoms with Gasteiger partial charge in [0, 0.05) is 26.2 Å². The Bertz CT molecular complexity index is 177. The van der Waals surface area contributed by atoms with Crippen LogP contribution in [-0.4, -0.2) is 42.0 Å². The molecule has 0 unspecified atom stereocenters. The lowest BCUT2D eigenvalue weighted by Gasteiger charge is -2.33. The van der Waals surface area contributed by atoms with Crippen molar-refractivity contribution in [3.05, 3.63) is 0 Å². The molecule has 2 rings (SSSR count). The number of nitrogens with zero attached hydrogens (tertiary/aromatic N) is 2. The number of rotatable bonds is 1. The molecule has 2 aliphatic rings. The van der Waals surface area contributed by atoms with Crippen LogP contribution >= 0.6 is 0 Å². The van der Waals surface area contributed by atoms with Crippen LogP contribution in [0.25, 0.3) is 0 Å². The number of hydrogen-bond donors (Lipinski definition) is 0. The molecule has 0 aromatic carbocycles. The summed E-state index contributed by atoms with van der Waals surface area (Å²) in [5.74, 6) is 0. The van der Waals surface area contributed by atoms with Gasteiger partial charge in [-0.3, -0.25) is 0 Å². The smallest absolute Gasteiger partial charge is 0.319 e. The minimum Gasteiger partial charge on any atom is -0.328 e. The molecule has 0 aromatic rings. The van der Waals surface area contributed by atoms with Gasteiger partial charge in [-0.25, -0.2) is 4.79 Å². The quantitative estimate of drug-likeness (QED) is 0.550. The number of carbonyl (C=O) groups excluding carboxylic acids is 1. The van der Waals surface area contributed by atoms with Crippen molar-refractivity contribution in [2.45, 2.75) is 25.3 Å². The molecule has 1 heterocycles. The van der Waals surface area contributed by atoms with Gasteiger partial charge in [0.15, 0.2) is 0 Å². The predicted molar refractivity (Wildman–Crippen MR) is 42.4 cm³/mol. The Balaban J connectivity index is 2.01. The summed E-state index contributed by atoms with van der Waals surface area (Å²) >= 11 is 0. The molecule has 2 amide bonds. The van der Waals surface area contributed by atoms with Crippen LogP contribution in [0.15, 0.2) is 0 Å². The van der Waals surface area contributed by atoms with E-state index in [0.717, 1.165) is 19.5 Å². The molecular weight excluding hydrogens is 140 g/mol. The molecule has 1 saturated heterocycles. The first-order valence-corrected chi connectivity index (χ1v) is 4.31. The van der Waals surface area contributed by atoms with Crippen molar-refractivity contribution < 1.29 is 4.79 Å². The topological polar surface area (TPSA) is 23.6 Å². The zero-order valence-corrected chi connectivity index (χ0v) is 6.92. The largest absolute Gasteiger partial charge is 0.328 e. The van der Waals surface area contributed by atoms with Gasteiger partial charge in [0.2, 0.25) is 0 Å². The maximum absolute atomic E-state index is 11.5. The highest BCUT2D eigenvalue weighted by Gasteiger charge is 2.35. The summed E-state index contributed by atoms with van der Waals surface area (Å²) < 4.78 is 0. The molecule has 0 radical (unpaired) electrons. The summed E-state index contributed by atoms with van der Waals surface area (Å²) in [6.07, 6.45) is 3.58. The van der Waals surface area contributed by atoms with Gasteiger partial charge in [0.25, 0.3) is 0 Å². The fourth-order valence-corrected chi connectivity index (χ4v) is 1.61. The molecule has 0 bridgehead atoms. The van der Waals surface area contributed by atoms with Gasteiger partial charge in [-0.2, -0.15) is 0 Å². The van der Waals surface area contributed by atoms with E-state index in [4.69, 9.17) is 0 Å². The maximum Gasteiger partial charge on any atom is 0.319 e. The third-order valence-corrected chi connectivity index (χ3v) is 2.45. The van der Waals surface area contributed by atoms with Gasteiger partial charge >= 0.3 is 6.03 Å². The third-order valence-electron chi connectivity index (χ3n) is 2.45. The van der Waals surface area contributed by atoms with E-state index in [2.05, 4.69) is 0 Å². The SMILES string of the molecule is CN1CCCN(C2CC2)C1=O. The molecular formula is C8H14N2O. The monoisotopic (exact) mass is 154 g/mol. The minimum absolute atomic E-state index is 0.235. The summed E-state index contributed by atoms with van der Waals surface area (Å²) in [5, 5.41) is 0. The summed E-state index contributed by atoms with van der Waals surface area (Å²) in [7, 11) is 1.89. The normalized spacial score (nSPS) is 26.1. The lowest BCUT2D eigenvalue weighted by Crippen LogP contribution is -2.48. The second-order valence-corrected chi connectivity index (χ2v) is 3.48. The van der Waals surface area contributed by atoms with E-state index in [0.29, 0.717) is 6.04 Å². The van der Waals surface area contributed by atoms with Crippen LogP contribution in [0.2, 0.25) is 0 Å². The van der Waals surface area contributed by atoms with Crippen molar-refractivity contribution in [2.24, 2.45) is 0 Å². The van der Waals surface area contributed by atoms with Gasteiger partial charge in [-0.05, 0) is 19.3 Å². The van der Waals surface area contributed by atoms with Crippen LogP contribution in [0.3, 0.4) is 0 Å². The van der Waals surface area contributed by atoms with Crippen LogP contribution < -0.4 is 0 Å². The van der Waals surface area contributed by atoms with Gasteiger partial charge in [0.05, 0.1) is 0 Å². The molecule has 62 valence electrons. The molecule has 2 fully saturated rings. The second-order valence-electron chi connectivity index (χ2n) is 3.48. The van der Waals surface area contributed by atoms with Crippen molar-refractivity contribution >= 4 is 6.03 Å². The number of hydrogen-bond acceptors (Lipinski definition) is 1. The van der Waals surface area contributed by atoms with E-state index >= 15 is 0 Å². The van der Waals surface area contributed by atoms with Gasteiger partial charge in [-0.1, -0.05) is 0 Å². The van der Waals surface area contributed by atoms with E-state index in [9.17, 15) is 4.79 Å². The fourth-order valence-electron chi connectivity index (χ4n) is 1.61. The Hall–Kier alpha value is -0.730. The lowest BCUT2D eigenvalue weighted by molar-refractivity contribution is 0.138. The molecule has 0 atom stereocenters. The Labute approximate surface area is 67.0 Å². The highest BCUT2D eigenvalue weighted by Crippen LogP contribution is 2.28. The third kappa shape index (κ3) is 1.19. The Morgan fingerprint density at radius 1 is 1.36 bits per heavy atom. The van der Waals surface area contributed by atoms with Gasteiger partial charge in [-0.15, -0.1) is 0 Å². The Morgan fingerprint density at radius 3 is 2.73 bits per heavy atom.